The summed E-state index contributed by atoms with van der Waals surface area (Å²) in [5, 5.41) is 3.39. The third kappa shape index (κ3) is 3.80. The Kier molecular flexibility index (Phi) is 4.74. The molecule has 1 fully saturated rings. The molecule has 0 unspecified atom stereocenters. The van der Waals surface area contributed by atoms with Crippen molar-refractivity contribution >= 4 is 0 Å². The predicted octanol–water partition coefficient (Wildman–Crippen LogP) is 0.628. The summed E-state index contributed by atoms with van der Waals surface area (Å²) in [7, 11) is 2.18. The summed E-state index contributed by atoms with van der Waals surface area (Å²) < 4.78 is 5.53. The molecule has 1 aliphatic rings. The van der Waals surface area contributed by atoms with Gasteiger partial charge in [0.05, 0.1) is 12.2 Å². The van der Waals surface area contributed by atoms with Gasteiger partial charge in [0.1, 0.15) is 5.76 Å². The molecule has 1 aliphatic heterocycles. The maximum absolute atomic E-state index is 5.53. The van der Waals surface area contributed by atoms with Crippen LogP contribution in [-0.2, 0) is 6.54 Å². The van der Waals surface area contributed by atoms with Gasteiger partial charge < -0.3 is 14.6 Å². The Morgan fingerprint density at radius 1 is 1.22 bits per heavy atom. The fraction of sp³-hybridized carbons (Fsp3) is 0.769. The molecule has 5 nitrogen and oxygen atoms in total. The summed E-state index contributed by atoms with van der Waals surface area (Å²) in [6, 6.07) is 0. The van der Waals surface area contributed by atoms with E-state index in [-0.39, 0.29) is 0 Å². The van der Waals surface area contributed by atoms with Crippen LogP contribution in [0.25, 0.3) is 0 Å². The first-order chi connectivity index (χ1) is 8.65. The van der Waals surface area contributed by atoms with Gasteiger partial charge in [-0.1, -0.05) is 0 Å². The monoisotopic (exact) mass is 252 g/mol. The number of hydrogen-bond donors (Lipinski definition) is 1. The number of rotatable bonds is 5. The van der Waals surface area contributed by atoms with Gasteiger partial charge in [-0.05, 0) is 20.9 Å². The lowest BCUT2D eigenvalue weighted by Gasteiger charge is -2.32. The van der Waals surface area contributed by atoms with E-state index in [1.807, 2.05) is 13.8 Å². The quantitative estimate of drug-likeness (QED) is 0.779. The third-order valence-corrected chi connectivity index (χ3v) is 3.55. The number of nitrogens with zero attached hydrogens (tertiary/aromatic N) is 3. The molecule has 18 heavy (non-hydrogen) atoms. The minimum absolute atomic E-state index is 0.725. The highest BCUT2D eigenvalue weighted by Crippen LogP contribution is 2.07. The van der Waals surface area contributed by atoms with E-state index in [1.165, 1.54) is 26.2 Å². The van der Waals surface area contributed by atoms with Gasteiger partial charge in [-0.25, -0.2) is 4.98 Å². The van der Waals surface area contributed by atoms with Crippen molar-refractivity contribution in [3.05, 3.63) is 17.3 Å². The van der Waals surface area contributed by atoms with Crippen molar-refractivity contribution in [1.82, 2.24) is 20.1 Å². The first-order valence-corrected chi connectivity index (χ1v) is 6.69. The van der Waals surface area contributed by atoms with Crippen molar-refractivity contribution in [2.45, 2.75) is 20.4 Å². The molecule has 5 heteroatoms. The lowest BCUT2D eigenvalue weighted by atomic mass is 10.3. The van der Waals surface area contributed by atoms with Gasteiger partial charge >= 0.3 is 0 Å². The Morgan fingerprint density at radius 2 is 1.94 bits per heavy atom. The minimum atomic E-state index is 0.725. The molecule has 1 aromatic heterocycles. The molecule has 0 aliphatic carbocycles. The van der Waals surface area contributed by atoms with E-state index in [2.05, 4.69) is 27.1 Å². The van der Waals surface area contributed by atoms with E-state index in [0.29, 0.717) is 0 Å². The van der Waals surface area contributed by atoms with Crippen molar-refractivity contribution in [3.8, 4) is 0 Å². The Hall–Kier alpha value is -0.910. The van der Waals surface area contributed by atoms with Crippen LogP contribution in [0.2, 0.25) is 0 Å². The van der Waals surface area contributed by atoms with E-state index >= 15 is 0 Å². The van der Waals surface area contributed by atoms with Crippen molar-refractivity contribution in [3.63, 3.8) is 0 Å². The topological polar surface area (TPSA) is 44.5 Å². The van der Waals surface area contributed by atoms with Crippen LogP contribution in [0.4, 0.5) is 0 Å². The fourth-order valence-electron chi connectivity index (χ4n) is 2.12. The lowest BCUT2D eigenvalue weighted by molar-refractivity contribution is 0.154. The molecule has 0 atom stereocenters. The second-order valence-corrected chi connectivity index (χ2v) is 5.07. The zero-order chi connectivity index (χ0) is 13.0. The number of oxazole rings is 1. The van der Waals surface area contributed by atoms with Crippen molar-refractivity contribution in [2.24, 2.45) is 0 Å². The molecule has 0 amide bonds. The van der Waals surface area contributed by atoms with Gasteiger partial charge in [-0.3, -0.25) is 4.90 Å². The van der Waals surface area contributed by atoms with Crippen LogP contribution in [0.3, 0.4) is 0 Å². The first-order valence-electron chi connectivity index (χ1n) is 6.69. The lowest BCUT2D eigenvalue weighted by Crippen LogP contribution is -2.46. The summed E-state index contributed by atoms with van der Waals surface area (Å²) in [5.41, 5.74) is 0.992. The van der Waals surface area contributed by atoms with Crippen LogP contribution in [0.5, 0.6) is 0 Å². The van der Waals surface area contributed by atoms with E-state index in [0.717, 1.165) is 37.0 Å². The second-order valence-electron chi connectivity index (χ2n) is 5.07. The largest absolute Gasteiger partial charge is 0.444 e. The van der Waals surface area contributed by atoms with Crippen molar-refractivity contribution in [2.75, 3.05) is 46.3 Å². The Balaban J connectivity index is 1.61. The maximum atomic E-state index is 5.53. The number of likely N-dealkylation sites (N-methyl/N-ethyl adjacent to an activating group) is 1. The maximum Gasteiger partial charge on any atom is 0.208 e. The van der Waals surface area contributed by atoms with E-state index in [4.69, 9.17) is 4.42 Å². The van der Waals surface area contributed by atoms with Crippen LogP contribution < -0.4 is 5.32 Å². The number of hydrogen-bond acceptors (Lipinski definition) is 5. The number of nitrogens with one attached hydrogen (secondary N) is 1. The summed E-state index contributed by atoms with van der Waals surface area (Å²) in [6.07, 6.45) is 0. The highest BCUT2D eigenvalue weighted by Gasteiger charge is 2.12. The molecule has 1 saturated heterocycles. The smallest absolute Gasteiger partial charge is 0.208 e. The Morgan fingerprint density at radius 3 is 2.56 bits per heavy atom. The van der Waals surface area contributed by atoms with E-state index < -0.39 is 0 Å². The van der Waals surface area contributed by atoms with Crippen LogP contribution in [-0.4, -0.2) is 61.1 Å². The highest BCUT2D eigenvalue weighted by atomic mass is 16.4. The van der Waals surface area contributed by atoms with Crippen molar-refractivity contribution in [1.29, 1.82) is 0 Å². The SMILES string of the molecule is Cc1nc(CNCCN2CCN(C)CC2)oc1C. The average molecular weight is 252 g/mol. The summed E-state index contributed by atoms with van der Waals surface area (Å²) in [4.78, 5) is 9.23. The normalized spacial score (nSPS) is 18.4. The van der Waals surface area contributed by atoms with Crippen LogP contribution in [0.15, 0.2) is 4.42 Å². The molecule has 2 heterocycles. The second kappa shape index (κ2) is 6.31. The molecule has 0 spiro atoms. The zero-order valence-electron chi connectivity index (χ0n) is 11.7. The molecule has 2 rings (SSSR count). The molecular weight excluding hydrogens is 228 g/mol. The van der Waals surface area contributed by atoms with Crippen LogP contribution >= 0.6 is 0 Å². The average Bonchev–Trinajstić information content (AvgIpc) is 2.67. The summed E-state index contributed by atoms with van der Waals surface area (Å²) >= 11 is 0. The van der Waals surface area contributed by atoms with Gasteiger partial charge in [0.25, 0.3) is 0 Å². The Labute approximate surface area is 109 Å². The molecule has 0 radical (unpaired) electrons. The molecule has 102 valence electrons. The summed E-state index contributed by atoms with van der Waals surface area (Å²) in [6.45, 7) is 11.5. The third-order valence-electron chi connectivity index (χ3n) is 3.55. The van der Waals surface area contributed by atoms with Crippen LogP contribution in [0.1, 0.15) is 17.3 Å². The molecule has 1 aromatic rings. The fourth-order valence-corrected chi connectivity index (χ4v) is 2.12. The zero-order valence-corrected chi connectivity index (χ0v) is 11.7. The predicted molar refractivity (Wildman–Crippen MR) is 71.6 cm³/mol. The van der Waals surface area contributed by atoms with Gasteiger partial charge in [0.15, 0.2) is 0 Å². The molecular formula is C13H24N4O. The minimum Gasteiger partial charge on any atom is -0.444 e. The molecule has 0 bridgehead atoms. The van der Waals surface area contributed by atoms with Crippen molar-refractivity contribution < 1.29 is 4.42 Å². The van der Waals surface area contributed by atoms with Gasteiger partial charge in [-0.2, -0.15) is 0 Å². The number of aromatic nitrogens is 1. The van der Waals surface area contributed by atoms with Gasteiger partial charge in [-0.15, -0.1) is 0 Å². The van der Waals surface area contributed by atoms with Gasteiger partial charge in [0.2, 0.25) is 5.89 Å². The number of piperazine rings is 1. The Bertz CT molecular complexity index is 350. The molecule has 0 saturated carbocycles. The highest BCUT2D eigenvalue weighted by molar-refractivity contribution is 5.05. The van der Waals surface area contributed by atoms with E-state index in [1.54, 1.807) is 0 Å². The summed E-state index contributed by atoms with van der Waals surface area (Å²) in [5.74, 6) is 1.72. The molecule has 0 aromatic carbocycles. The van der Waals surface area contributed by atoms with E-state index in [9.17, 15) is 0 Å². The number of aryl methyl sites for hydroxylation is 2. The van der Waals surface area contributed by atoms with Gasteiger partial charge in [0, 0.05) is 39.3 Å². The standard InChI is InChI=1S/C13H24N4O/c1-11-12(2)18-13(15-11)10-14-4-5-17-8-6-16(3)7-9-17/h14H,4-10H2,1-3H3. The first kappa shape index (κ1) is 13.5. The van der Waals surface area contributed by atoms with Crippen LogP contribution in [0, 0.1) is 13.8 Å². The molecule has 1 N–H and O–H groups in total.